The fraction of sp³-hybridized carbons (Fsp3) is 0.480. The lowest BCUT2D eigenvalue weighted by atomic mass is 10.00. The summed E-state index contributed by atoms with van der Waals surface area (Å²) < 4.78 is 19.1. The number of carbonyl (C=O) groups excluding carboxylic acids is 1. The first-order chi connectivity index (χ1) is 15.0. The molecular formula is C25H34FN3O2. The van der Waals surface area contributed by atoms with E-state index in [9.17, 15) is 9.18 Å². The van der Waals surface area contributed by atoms with Crippen LogP contribution >= 0.6 is 0 Å². The Morgan fingerprint density at radius 2 is 1.94 bits per heavy atom. The lowest BCUT2D eigenvalue weighted by Gasteiger charge is -2.40. The van der Waals surface area contributed by atoms with E-state index >= 15 is 0 Å². The molecule has 1 heterocycles. The second-order valence-electron chi connectivity index (χ2n) is 8.30. The lowest BCUT2D eigenvalue weighted by Crippen LogP contribution is -2.50. The summed E-state index contributed by atoms with van der Waals surface area (Å²) in [6.07, 6.45) is 4.25. The number of rotatable bonds is 8. The predicted octanol–water partition coefficient (Wildman–Crippen LogP) is 5.52. The maximum Gasteiger partial charge on any atom is 0.322 e. The van der Waals surface area contributed by atoms with Gasteiger partial charge in [-0.25, -0.2) is 9.18 Å². The summed E-state index contributed by atoms with van der Waals surface area (Å²) in [7, 11) is 1.42. The number of methoxy groups -OCH3 is 1. The number of hydrogen-bond donors (Lipinski definition) is 1. The second-order valence-corrected chi connectivity index (χ2v) is 8.30. The number of nitrogens with zero attached hydrogens (tertiary/aromatic N) is 2. The highest BCUT2D eigenvalue weighted by atomic mass is 19.1. The smallest absolute Gasteiger partial charge is 0.322 e. The molecule has 5 nitrogen and oxygen atoms in total. The lowest BCUT2D eigenvalue weighted by molar-refractivity contribution is 0.0989. The number of anilines is 1. The molecule has 168 valence electrons. The Balaban J connectivity index is 1.72. The number of halogens is 1. The van der Waals surface area contributed by atoms with Gasteiger partial charge in [0.05, 0.1) is 7.11 Å². The molecule has 1 fully saturated rings. The zero-order valence-corrected chi connectivity index (χ0v) is 18.8. The molecule has 0 aromatic heterocycles. The largest absolute Gasteiger partial charge is 0.494 e. The summed E-state index contributed by atoms with van der Waals surface area (Å²) in [5.41, 5.74) is 1.51. The van der Waals surface area contributed by atoms with Crippen molar-refractivity contribution < 1.29 is 13.9 Å². The van der Waals surface area contributed by atoms with Gasteiger partial charge in [-0.2, -0.15) is 0 Å². The number of amides is 2. The van der Waals surface area contributed by atoms with Gasteiger partial charge >= 0.3 is 6.03 Å². The number of nitrogens with one attached hydrogen (secondary N) is 1. The number of hydrogen-bond acceptors (Lipinski definition) is 3. The van der Waals surface area contributed by atoms with Gasteiger partial charge in [-0.3, -0.25) is 0 Å². The highest BCUT2D eigenvalue weighted by Gasteiger charge is 2.29. The van der Waals surface area contributed by atoms with Gasteiger partial charge in [0, 0.05) is 43.5 Å². The van der Waals surface area contributed by atoms with Crippen LogP contribution in [-0.2, 0) is 6.54 Å². The molecule has 2 amide bonds. The van der Waals surface area contributed by atoms with Gasteiger partial charge in [0.1, 0.15) is 0 Å². The third kappa shape index (κ3) is 6.20. The summed E-state index contributed by atoms with van der Waals surface area (Å²) in [5.74, 6) is -0.333. The Hall–Kier alpha value is -2.60. The van der Waals surface area contributed by atoms with Crippen LogP contribution in [0.2, 0.25) is 0 Å². The van der Waals surface area contributed by atoms with Crippen molar-refractivity contribution in [1.82, 2.24) is 9.80 Å². The molecule has 2 aromatic rings. The van der Waals surface area contributed by atoms with Crippen LogP contribution in [0.4, 0.5) is 14.9 Å². The molecule has 1 saturated heterocycles. The average molecular weight is 428 g/mol. The van der Waals surface area contributed by atoms with Crippen LogP contribution in [0.1, 0.15) is 45.1 Å². The Morgan fingerprint density at radius 3 is 2.55 bits per heavy atom. The van der Waals surface area contributed by atoms with E-state index in [1.54, 1.807) is 6.07 Å². The van der Waals surface area contributed by atoms with Crippen LogP contribution in [0.25, 0.3) is 0 Å². The summed E-state index contributed by atoms with van der Waals surface area (Å²) in [4.78, 5) is 17.7. The van der Waals surface area contributed by atoms with Crippen LogP contribution in [0.3, 0.4) is 0 Å². The van der Waals surface area contributed by atoms with Crippen LogP contribution in [-0.4, -0.2) is 48.1 Å². The van der Waals surface area contributed by atoms with E-state index in [1.165, 1.54) is 32.1 Å². The third-order valence-electron chi connectivity index (χ3n) is 6.13. The highest BCUT2D eigenvalue weighted by Crippen LogP contribution is 2.24. The van der Waals surface area contributed by atoms with E-state index in [2.05, 4.69) is 24.1 Å². The molecule has 6 heteroatoms. The number of piperidine rings is 1. The molecule has 2 aromatic carbocycles. The standard InChI is InChI=1S/C25H34FN3O2/c1-4-8-19(2)28-15-13-22(14-16-28)29(18-20-9-6-5-7-10-20)25(30)27-21-11-12-24(31-3)23(26)17-21/h5-7,9-12,17,19,22H,4,8,13-16,18H2,1-3H3,(H,27,30). The third-order valence-corrected chi connectivity index (χ3v) is 6.13. The number of ether oxygens (including phenoxy) is 1. The predicted molar refractivity (Wildman–Crippen MR) is 123 cm³/mol. The molecule has 3 rings (SSSR count). The SMILES string of the molecule is CCCC(C)N1CCC(N(Cc2ccccc2)C(=O)Nc2ccc(OC)c(F)c2)CC1. The minimum atomic E-state index is -0.492. The van der Waals surface area contributed by atoms with E-state index in [0.29, 0.717) is 18.3 Å². The molecule has 31 heavy (non-hydrogen) atoms. The zero-order chi connectivity index (χ0) is 22.2. The Kier molecular flexibility index (Phi) is 8.29. The Bertz CT molecular complexity index is 838. The van der Waals surface area contributed by atoms with Crippen molar-refractivity contribution in [3.8, 4) is 5.75 Å². The van der Waals surface area contributed by atoms with Gasteiger partial charge in [0.25, 0.3) is 0 Å². The second kappa shape index (κ2) is 11.1. The minimum Gasteiger partial charge on any atom is -0.494 e. The summed E-state index contributed by atoms with van der Waals surface area (Å²) in [6, 6.07) is 15.0. The van der Waals surface area contributed by atoms with Gasteiger partial charge in [0.2, 0.25) is 0 Å². The summed E-state index contributed by atoms with van der Waals surface area (Å²) >= 11 is 0. The molecule has 1 unspecified atom stereocenters. The minimum absolute atomic E-state index is 0.147. The summed E-state index contributed by atoms with van der Waals surface area (Å²) in [5, 5.41) is 2.88. The number of benzene rings is 2. The van der Waals surface area contributed by atoms with Crippen LogP contribution < -0.4 is 10.1 Å². The van der Waals surface area contributed by atoms with Crippen molar-refractivity contribution in [2.45, 2.75) is 58.2 Å². The summed E-state index contributed by atoms with van der Waals surface area (Å²) in [6.45, 7) is 7.01. The first-order valence-electron chi connectivity index (χ1n) is 11.2. The number of carbonyl (C=O) groups is 1. The van der Waals surface area contributed by atoms with Crippen LogP contribution in [0.5, 0.6) is 5.75 Å². The molecule has 0 bridgehead atoms. The quantitative estimate of drug-likeness (QED) is 0.603. The maximum absolute atomic E-state index is 14.1. The van der Waals surface area contributed by atoms with Gasteiger partial charge < -0.3 is 19.9 Å². The highest BCUT2D eigenvalue weighted by molar-refractivity contribution is 5.89. The number of likely N-dealkylation sites (tertiary alicyclic amines) is 1. The number of urea groups is 1. The molecule has 1 aliphatic rings. The van der Waals surface area contributed by atoms with Crippen molar-refractivity contribution in [3.63, 3.8) is 0 Å². The molecule has 1 atom stereocenters. The Labute approximate surface area is 185 Å². The van der Waals surface area contributed by atoms with Crippen LogP contribution in [0, 0.1) is 5.82 Å². The van der Waals surface area contributed by atoms with Gasteiger partial charge in [-0.15, -0.1) is 0 Å². The molecule has 1 N–H and O–H groups in total. The van der Waals surface area contributed by atoms with Crippen molar-refractivity contribution >= 4 is 11.7 Å². The first-order valence-corrected chi connectivity index (χ1v) is 11.2. The first kappa shape index (κ1) is 23.1. The van der Waals surface area contributed by atoms with Crippen molar-refractivity contribution in [2.75, 3.05) is 25.5 Å². The molecule has 0 radical (unpaired) electrons. The fourth-order valence-electron chi connectivity index (χ4n) is 4.32. The van der Waals surface area contributed by atoms with E-state index < -0.39 is 5.82 Å². The van der Waals surface area contributed by atoms with Gasteiger partial charge in [0.15, 0.2) is 11.6 Å². The monoisotopic (exact) mass is 427 g/mol. The van der Waals surface area contributed by atoms with Crippen LogP contribution in [0.15, 0.2) is 48.5 Å². The maximum atomic E-state index is 14.1. The average Bonchev–Trinajstić information content (AvgIpc) is 2.78. The Morgan fingerprint density at radius 1 is 1.23 bits per heavy atom. The fourth-order valence-corrected chi connectivity index (χ4v) is 4.32. The van der Waals surface area contributed by atoms with Crippen molar-refractivity contribution in [2.24, 2.45) is 0 Å². The van der Waals surface area contributed by atoms with E-state index in [1.807, 2.05) is 35.2 Å². The topological polar surface area (TPSA) is 44.8 Å². The molecule has 0 aliphatic carbocycles. The van der Waals surface area contributed by atoms with Gasteiger partial charge in [-0.1, -0.05) is 43.7 Å². The zero-order valence-electron chi connectivity index (χ0n) is 18.8. The van der Waals surface area contributed by atoms with Crippen molar-refractivity contribution in [1.29, 1.82) is 0 Å². The van der Waals surface area contributed by atoms with E-state index in [4.69, 9.17) is 4.74 Å². The molecule has 1 aliphatic heterocycles. The normalized spacial score (nSPS) is 16.0. The van der Waals surface area contributed by atoms with Crippen molar-refractivity contribution in [3.05, 3.63) is 59.9 Å². The molecule has 0 saturated carbocycles. The molecular weight excluding hydrogens is 393 g/mol. The molecule has 0 spiro atoms. The van der Waals surface area contributed by atoms with Gasteiger partial charge in [-0.05, 0) is 43.9 Å². The van der Waals surface area contributed by atoms with E-state index in [-0.39, 0.29) is 17.8 Å². The van der Waals surface area contributed by atoms with E-state index in [0.717, 1.165) is 31.5 Å².